The summed E-state index contributed by atoms with van der Waals surface area (Å²) in [6.07, 6.45) is 3.84. The SMILES string of the molecule is CC(C)c1ncc(C(=O)Nc2c(-c3cc4ccccc4n3S(=O)(=O)c3ccccc3)ccnc2N2CCC(F)(F)C2)cn1. The number of pyridine rings is 1. The molecule has 1 fully saturated rings. The fraction of sp³-hybridized carbons (Fsp3) is 0.226. The molecule has 1 aliphatic heterocycles. The van der Waals surface area contributed by atoms with E-state index in [1.165, 1.54) is 39.6 Å². The summed E-state index contributed by atoms with van der Waals surface area (Å²) in [5.74, 6) is -2.81. The van der Waals surface area contributed by atoms with Gasteiger partial charge in [-0.1, -0.05) is 50.2 Å². The summed E-state index contributed by atoms with van der Waals surface area (Å²) < 4.78 is 58.1. The van der Waals surface area contributed by atoms with Crippen molar-refractivity contribution in [3.05, 3.63) is 96.7 Å². The number of para-hydroxylation sites is 1. The monoisotopic (exact) mass is 602 g/mol. The molecule has 0 radical (unpaired) electrons. The molecular weight excluding hydrogens is 574 g/mol. The van der Waals surface area contributed by atoms with Crippen LogP contribution in [0.4, 0.5) is 20.3 Å². The fourth-order valence-electron chi connectivity index (χ4n) is 5.16. The topological polar surface area (TPSA) is 110 Å². The lowest BCUT2D eigenvalue weighted by molar-refractivity contribution is 0.0257. The van der Waals surface area contributed by atoms with Gasteiger partial charge in [-0.25, -0.2) is 36.1 Å². The second-order valence-corrected chi connectivity index (χ2v) is 12.5. The molecule has 0 unspecified atom stereocenters. The summed E-state index contributed by atoms with van der Waals surface area (Å²) >= 11 is 0. The van der Waals surface area contributed by atoms with Crippen LogP contribution in [0.3, 0.4) is 0 Å². The lowest BCUT2D eigenvalue weighted by atomic mass is 10.1. The second kappa shape index (κ2) is 10.8. The highest BCUT2D eigenvalue weighted by atomic mass is 32.2. The Morgan fingerprint density at radius 3 is 2.35 bits per heavy atom. The lowest BCUT2D eigenvalue weighted by Crippen LogP contribution is -2.27. The van der Waals surface area contributed by atoms with Crippen LogP contribution in [-0.4, -0.2) is 52.3 Å². The van der Waals surface area contributed by atoms with Crippen molar-refractivity contribution in [2.75, 3.05) is 23.3 Å². The molecule has 220 valence electrons. The van der Waals surface area contributed by atoms with Crippen LogP contribution in [-0.2, 0) is 10.0 Å². The first-order valence-electron chi connectivity index (χ1n) is 13.7. The molecule has 1 N–H and O–H groups in total. The lowest BCUT2D eigenvalue weighted by Gasteiger charge is -2.23. The molecule has 1 saturated heterocycles. The van der Waals surface area contributed by atoms with E-state index in [2.05, 4.69) is 20.3 Å². The van der Waals surface area contributed by atoms with Crippen LogP contribution >= 0.6 is 0 Å². The van der Waals surface area contributed by atoms with Gasteiger partial charge in [-0.05, 0) is 30.3 Å². The van der Waals surface area contributed by atoms with E-state index in [0.29, 0.717) is 22.3 Å². The van der Waals surface area contributed by atoms with Crippen LogP contribution in [0.25, 0.3) is 22.2 Å². The molecule has 0 saturated carbocycles. The number of benzene rings is 2. The maximum absolute atomic E-state index is 14.4. The number of fused-ring (bicyclic) bond motifs is 1. The number of carbonyl (C=O) groups is 1. The predicted molar refractivity (Wildman–Crippen MR) is 160 cm³/mol. The summed E-state index contributed by atoms with van der Waals surface area (Å²) in [7, 11) is -4.13. The Kier molecular flexibility index (Phi) is 7.17. The number of anilines is 2. The zero-order valence-corrected chi connectivity index (χ0v) is 24.2. The first-order chi connectivity index (χ1) is 20.5. The van der Waals surface area contributed by atoms with Crippen molar-refractivity contribution in [1.82, 2.24) is 18.9 Å². The van der Waals surface area contributed by atoms with Gasteiger partial charge in [0, 0.05) is 48.4 Å². The van der Waals surface area contributed by atoms with Gasteiger partial charge >= 0.3 is 0 Å². The Bertz CT molecular complexity index is 1930. The highest BCUT2D eigenvalue weighted by Gasteiger charge is 2.40. The highest BCUT2D eigenvalue weighted by Crippen LogP contribution is 2.41. The molecule has 2 aromatic carbocycles. The quantitative estimate of drug-likeness (QED) is 0.245. The fourth-order valence-corrected chi connectivity index (χ4v) is 6.70. The van der Waals surface area contributed by atoms with Gasteiger partial charge in [0.15, 0.2) is 5.82 Å². The number of nitrogens with zero attached hydrogens (tertiary/aromatic N) is 5. The number of halogens is 2. The summed E-state index contributed by atoms with van der Waals surface area (Å²) in [5, 5.41) is 3.47. The van der Waals surface area contributed by atoms with Crippen molar-refractivity contribution in [3.8, 4) is 11.3 Å². The van der Waals surface area contributed by atoms with Crippen molar-refractivity contribution in [2.24, 2.45) is 0 Å². The Morgan fingerprint density at radius 2 is 1.67 bits per heavy atom. The molecule has 0 atom stereocenters. The van der Waals surface area contributed by atoms with Gasteiger partial charge in [-0.15, -0.1) is 0 Å². The third-order valence-corrected chi connectivity index (χ3v) is 9.06. The molecule has 1 amide bonds. The molecule has 4 heterocycles. The standard InChI is InChI=1S/C31H28F2N6O3S/c1-20(2)28-35-17-22(18-36-28)30(40)37-27-24(12-14-34-29(27)38-15-13-31(32,33)19-38)26-16-21-8-6-7-11-25(21)39(26)43(41,42)23-9-4-3-5-10-23/h3-12,14,16-18,20H,13,15,19H2,1-2H3,(H,37,40). The average molecular weight is 603 g/mol. The van der Waals surface area contributed by atoms with Crippen LogP contribution in [0.5, 0.6) is 0 Å². The van der Waals surface area contributed by atoms with Crippen molar-refractivity contribution in [2.45, 2.75) is 37.0 Å². The number of rotatable bonds is 7. The molecule has 3 aromatic heterocycles. The van der Waals surface area contributed by atoms with Crippen molar-refractivity contribution in [1.29, 1.82) is 0 Å². The summed E-state index contributed by atoms with van der Waals surface area (Å²) in [6, 6.07) is 18.3. The van der Waals surface area contributed by atoms with E-state index in [4.69, 9.17) is 0 Å². The van der Waals surface area contributed by atoms with E-state index in [9.17, 15) is 22.0 Å². The van der Waals surface area contributed by atoms with E-state index in [1.807, 2.05) is 13.8 Å². The first-order valence-corrected chi connectivity index (χ1v) is 15.2. The van der Waals surface area contributed by atoms with Gasteiger partial charge in [0.1, 0.15) is 5.82 Å². The molecule has 1 aliphatic rings. The number of amides is 1. The molecule has 6 rings (SSSR count). The van der Waals surface area contributed by atoms with E-state index in [1.54, 1.807) is 54.6 Å². The van der Waals surface area contributed by atoms with Gasteiger partial charge in [-0.3, -0.25) is 4.79 Å². The predicted octanol–water partition coefficient (Wildman–Crippen LogP) is 5.95. The Labute approximate surface area is 247 Å². The Morgan fingerprint density at radius 1 is 0.977 bits per heavy atom. The first kappa shape index (κ1) is 28.4. The van der Waals surface area contributed by atoms with E-state index >= 15 is 0 Å². The Hall–Kier alpha value is -4.71. The summed E-state index contributed by atoms with van der Waals surface area (Å²) in [6.45, 7) is 3.27. The molecule has 43 heavy (non-hydrogen) atoms. The van der Waals surface area contributed by atoms with Crippen LogP contribution in [0.1, 0.15) is 42.4 Å². The van der Waals surface area contributed by atoms with Crippen LogP contribution in [0.15, 0.2) is 90.2 Å². The zero-order chi connectivity index (χ0) is 30.4. The number of alkyl halides is 2. The molecule has 12 heteroatoms. The van der Waals surface area contributed by atoms with Crippen molar-refractivity contribution < 1.29 is 22.0 Å². The highest BCUT2D eigenvalue weighted by molar-refractivity contribution is 7.90. The molecule has 0 aliphatic carbocycles. The van der Waals surface area contributed by atoms with E-state index in [-0.39, 0.29) is 46.5 Å². The van der Waals surface area contributed by atoms with Crippen LogP contribution in [0.2, 0.25) is 0 Å². The summed E-state index contributed by atoms with van der Waals surface area (Å²) in [4.78, 5) is 27.9. The largest absolute Gasteiger partial charge is 0.349 e. The summed E-state index contributed by atoms with van der Waals surface area (Å²) in [5.41, 5.74) is 1.20. The maximum atomic E-state index is 14.4. The Balaban J connectivity index is 1.55. The van der Waals surface area contributed by atoms with Crippen molar-refractivity contribution >= 4 is 38.3 Å². The van der Waals surface area contributed by atoms with Crippen molar-refractivity contribution in [3.63, 3.8) is 0 Å². The third-order valence-electron chi connectivity index (χ3n) is 7.31. The maximum Gasteiger partial charge on any atom is 0.268 e. The van der Waals surface area contributed by atoms with E-state index in [0.717, 1.165) is 0 Å². The van der Waals surface area contributed by atoms with Crippen LogP contribution < -0.4 is 10.2 Å². The number of nitrogens with one attached hydrogen (secondary N) is 1. The smallest absolute Gasteiger partial charge is 0.268 e. The normalized spacial score (nSPS) is 14.9. The van der Waals surface area contributed by atoms with Gasteiger partial charge in [-0.2, -0.15) is 0 Å². The molecular formula is C31H28F2N6O3S. The molecule has 0 bridgehead atoms. The van der Waals surface area contributed by atoms with Gasteiger partial charge < -0.3 is 10.2 Å². The third kappa shape index (κ3) is 5.34. The number of hydrogen-bond acceptors (Lipinski definition) is 7. The molecule has 9 nitrogen and oxygen atoms in total. The van der Waals surface area contributed by atoms with Crippen LogP contribution in [0, 0.1) is 0 Å². The average Bonchev–Trinajstić information content (AvgIpc) is 3.58. The zero-order valence-electron chi connectivity index (χ0n) is 23.4. The number of aromatic nitrogens is 4. The van der Waals surface area contributed by atoms with E-state index < -0.39 is 28.4 Å². The molecule has 5 aromatic rings. The second-order valence-electron chi connectivity index (χ2n) is 10.7. The number of hydrogen-bond donors (Lipinski definition) is 1. The van der Waals surface area contributed by atoms with Gasteiger partial charge in [0.05, 0.1) is 33.9 Å². The number of carbonyl (C=O) groups excluding carboxylic acids is 1. The minimum Gasteiger partial charge on any atom is -0.349 e. The van der Waals surface area contributed by atoms with Gasteiger partial charge in [0.25, 0.3) is 21.9 Å². The minimum atomic E-state index is -4.13. The van der Waals surface area contributed by atoms with Gasteiger partial charge in [0.2, 0.25) is 0 Å². The minimum absolute atomic E-state index is 0.00379. The molecule has 0 spiro atoms.